The van der Waals surface area contributed by atoms with Gasteiger partial charge >= 0.3 is 5.69 Å². The lowest BCUT2D eigenvalue weighted by molar-refractivity contribution is 0.101. The van der Waals surface area contributed by atoms with E-state index in [1.807, 2.05) is 19.9 Å². The molecule has 27 heavy (non-hydrogen) atoms. The Morgan fingerprint density at radius 3 is 2.48 bits per heavy atom. The lowest BCUT2D eigenvalue weighted by Crippen LogP contribution is -2.37. The highest BCUT2D eigenvalue weighted by Crippen LogP contribution is 2.22. The van der Waals surface area contributed by atoms with Crippen LogP contribution in [0.4, 0.5) is 5.69 Å². The summed E-state index contributed by atoms with van der Waals surface area (Å²) in [7, 11) is 3.02. The normalized spacial score (nSPS) is 11.1. The predicted molar refractivity (Wildman–Crippen MR) is 107 cm³/mol. The zero-order valence-corrected chi connectivity index (χ0v) is 16.4. The number of aryl methyl sites for hydroxylation is 3. The Bertz CT molecular complexity index is 1170. The summed E-state index contributed by atoms with van der Waals surface area (Å²) in [5, 5.41) is 3.70. The van der Waals surface area contributed by atoms with Gasteiger partial charge < -0.3 is 9.88 Å². The fraction of sp³-hybridized carbons (Fsp3) is 0.316. The number of aromatic nitrogens is 3. The highest BCUT2D eigenvalue weighted by atomic mass is 35.5. The summed E-state index contributed by atoms with van der Waals surface area (Å²) in [6.45, 7) is 4.34. The Kier molecular flexibility index (Phi) is 4.97. The van der Waals surface area contributed by atoms with Crippen molar-refractivity contribution in [2.45, 2.75) is 26.8 Å². The maximum Gasteiger partial charge on any atom is 0.332 e. The number of nitrogens with one attached hydrogen (secondary N) is 1. The number of nitrogens with zero attached hydrogens (tertiary/aromatic N) is 3. The third-order valence-corrected chi connectivity index (χ3v) is 5.01. The molecule has 0 atom stereocenters. The summed E-state index contributed by atoms with van der Waals surface area (Å²) in [6.07, 6.45) is 0.740. The van der Waals surface area contributed by atoms with Gasteiger partial charge in [-0.2, -0.15) is 0 Å². The molecule has 8 heteroatoms. The molecule has 0 unspecified atom stereocenters. The van der Waals surface area contributed by atoms with Crippen LogP contribution in [0.3, 0.4) is 0 Å². The zero-order chi connectivity index (χ0) is 19.9. The van der Waals surface area contributed by atoms with Crippen LogP contribution in [-0.4, -0.2) is 19.6 Å². The first-order chi connectivity index (χ1) is 12.8. The first-order valence-electron chi connectivity index (χ1n) is 8.63. The molecule has 0 saturated heterocycles. The van der Waals surface area contributed by atoms with Crippen LogP contribution < -0.4 is 16.6 Å². The maximum atomic E-state index is 12.9. The van der Waals surface area contributed by atoms with E-state index >= 15 is 0 Å². The average Bonchev–Trinajstić information content (AvgIpc) is 3.01. The van der Waals surface area contributed by atoms with Crippen LogP contribution >= 0.6 is 11.6 Å². The van der Waals surface area contributed by atoms with Gasteiger partial charge in [0.05, 0.1) is 5.39 Å². The second-order valence-electron chi connectivity index (χ2n) is 6.54. The van der Waals surface area contributed by atoms with Gasteiger partial charge in [-0.15, -0.1) is 0 Å². The van der Waals surface area contributed by atoms with Crippen LogP contribution in [0.5, 0.6) is 0 Å². The molecule has 0 radical (unpaired) electrons. The quantitative estimate of drug-likeness (QED) is 0.746. The first kappa shape index (κ1) is 19.0. The largest absolute Gasteiger partial charge is 0.332 e. The van der Waals surface area contributed by atoms with Crippen LogP contribution in [0.1, 0.15) is 29.4 Å². The standard InChI is InChI=1S/C19H21ClN4O3/c1-5-8-24-15(16(25)21-12-7-6-11(2)14(20)9-12)10-13-17(24)22(3)19(27)23(4)18(13)26/h6-7,9-10H,5,8H2,1-4H3,(H,21,25). The summed E-state index contributed by atoms with van der Waals surface area (Å²) < 4.78 is 4.15. The van der Waals surface area contributed by atoms with Crippen LogP contribution in [0.2, 0.25) is 5.02 Å². The first-order valence-corrected chi connectivity index (χ1v) is 9.00. The number of fused-ring (bicyclic) bond motifs is 1. The molecule has 1 amide bonds. The monoisotopic (exact) mass is 388 g/mol. The molecule has 0 aliphatic heterocycles. The van der Waals surface area contributed by atoms with Gasteiger partial charge in [-0.3, -0.25) is 18.7 Å². The van der Waals surface area contributed by atoms with Crippen molar-refractivity contribution in [2.24, 2.45) is 14.1 Å². The van der Waals surface area contributed by atoms with Crippen molar-refractivity contribution in [3.05, 3.63) is 61.4 Å². The van der Waals surface area contributed by atoms with Gasteiger partial charge in [0.2, 0.25) is 0 Å². The fourth-order valence-corrected chi connectivity index (χ4v) is 3.33. The number of hydrogen-bond donors (Lipinski definition) is 1. The van der Waals surface area contributed by atoms with Crippen molar-refractivity contribution >= 4 is 34.2 Å². The summed E-state index contributed by atoms with van der Waals surface area (Å²) in [5.74, 6) is -0.367. The number of carbonyl (C=O) groups is 1. The molecular weight excluding hydrogens is 368 g/mol. The Labute approximate surface area is 160 Å². The Hall–Kier alpha value is -2.80. The Balaban J connectivity index is 2.17. The number of benzene rings is 1. The second kappa shape index (κ2) is 7.08. The van der Waals surface area contributed by atoms with Gasteiger partial charge in [0, 0.05) is 31.4 Å². The Morgan fingerprint density at radius 1 is 1.15 bits per heavy atom. The summed E-state index contributed by atoms with van der Waals surface area (Å²) in [4.78, 5) is 37.7. The van der Waals surface area contributed by atoms with Crippen molar-refractivity contribution in [3.8, 4) is 0 Å². The molecule has 3 rings (SSSR count). The summed E-state index contributed by atoms with van der Waals surface area (Å²) >= 11 is 6.13. The van der Waals surface area contributed by atoms with Crippen LogP contribution in [0.25, 0.3) is 11.0 Å². The topological polar surface area (TPSA) is 78.0 Å². The van der Waals surface area contributed by atoms with Crippen LogP contribution in [0.15, 0.2) is 33.9 Å². The number of rotatable bonds is 4. The molecule has 0 aliphatic rings. The lowest BCUT2D eigenvalue weighted by Gasteiger charge is -2.12. The SMILES string of the molecule is CCCn1c(C(=O)Nc2ccc(C)c(Cl)c2)cc2c(=O)n(C)c(=O)n(C)c21. The van der Waals surface area contributed by atoms with E-state index < -0.39 is 11.2 Å². The van der Waals surface area contributed by atoms with Gasteiger partial charge in [0.1, 0.15) is 11.3 Å². The molecule has 0 bridgehead atoms. The zero-order valence-electron chi connectivity index (χ0n) is 15.7. The number of amides is 1. The van der Waals surface area contributed by atoms with Crippen molar-refractivity contribution in [2.75, 3.05) is 5.32 Å². The van der Waals surface area contributed by atoms with E-state index in [0.717, 1.165) is 16.6 Å². The van der Waals surface area contributed by atoms with Gasteiger partial charge in [-0.25, -0.2) is 4.79 Å². The van der Waals surface area contributed by atoms with Gasteiger partial charge in [-0.1, -0.05) is 24.6 Å². The maximum absolute atomic E-state index is 12.9. The average molecular weight is 389 g/mol. The van der Waals surface area contributed by atoms with Gasteiger partial charge in [-0.05, 0) is 37.1 Å². The minimum atomic E-state index is -0.430. The number of carbonyl (C=O) groups excluding carboxylic acids is 1. The van der Waals surface area contributed by atoms with E-state index in [2.05, 4.69) is 5.32 Å². The van der Waals surface area contributed by atoms with E-state index in [-0.39, 0.29) is 5.91 Å². The van der Waals surface area contributed by atoms with Crippen molar-refractivity contribution in [3.63, 3.8) is 0 Å². The third-order valence-electron chi connectivity index (χ3n) is 4.60. The highest BCUT2D eigenvalue weighted by molar-refractivity contribution is 6.31. The molecule has 2 heterocycles. The number of anilines is 1. The molecule has 2 aromatic heterocycles. The number of hydrogen-bond acceptors (Lipinski definition) is 3. The molecule has 1 aromatic carbocycles. The minimum absolute atomic E-state index is 0.321. The van der Waals surface area contributed by atoms with Gasteiger partial charge in [0.15, 0.2) is 0 Å². The molecule has 0 fully saturated rings. The molecular formula is C19H21ClN4O3. The van der Waals surface area contributed by atoms with Crippen molar-refractivity contribution < 1.29 is 4.79 Å². The fourth-order valence-electron chi connectivity index (χ4n) is 3.14. The molecule has 1 N–H and O–H groups in total. The van der Waals surface area contributed by atoms with Crippen LogP contribution in [0, 0.1) is 6.92 Å². The van der Waals surface area contributed by atoms with E-state index in [1.54, 1.807) is 23.7 Å². The van der Waals surface area contributed by atoms with Crippen LogP contribution in [-0.2, 0) is 20.6 Å². The van der Waals surface area contributed by atoms with E-state index in [0.29, 0.717) is 34.0 Å². The molecule has 0 aliphatic carbocycles. The van der Waals surface area contributed by atoms with Crippen molar-refractivity contribution in [1.82, 2.24) is 13.7 Å². The van der Waals surface area contributed by atoms with Crippen molar-refractivity contribution in [1.29, 1.82) is 0 Å². The smallest absolute Gasteiger partial charge is 0.322 e. The third kappa shape index (κ3) is 3.19. The molecule has 0 saturated carbocycles. The van der Waals surface area contributed by atoms with E-state index in [9.17, 15) is 14.4 Å². The van der Waals surface area contributed by atoms with E-state index in [4.69, 9.17) is 11.6 Å². The van der Waals surface area contributed by atoms with Gasteiger partial charge in [0.25, 0.3) is 11.5 Å². The Morgan fingerprint density at radius 2 is 1.85 bits per heavy atom. The second-order valence-corrected chi connectivity index (χ2v) is 6.95. The summed E-state index contributed by atoms with van der Waals surface area (Å²) in [5.41, 5.74) is 1.38. The lowest BCUT2D eigenvalue weighted by atomic mass is 10.2. The molecule has 142 valence electrons. The molecule has 3 aromatic rings. The highest BCUT2D eigenvalue weighted by Gasteiger charge is 2.21. The molecule has 7 nitrogen and oxygen atoms in total. The van der Waals surface area contributed by atoms with E-state index in [1.165, 1.54) is 17.7 Å². The minimum Gasteiger partial charge on any atom is -0.322 e. The predicted octanol–water partition coefficient (Wildman–Crippen LogP) is 2.66. The number of halogens is 1. The molecule has 0 spiro atoms. The summed E-state index contributed by atoms with van der Waals surface area (Å²) in [6, 6.07) is 6.80.